The molecule has 1 amide bonds. The van der Waals surface area contributed by atoms with Crippen LogP contribution in [0.3, 0.4) is 0 Å². The number of amides is 1. The quantitative estimate of drug-likeness (QED) is 0.686. The highest BCUT2D eigenvalue weighted by molar-refractivity contribution is 9.10. The number of hydrogen-bond acceptors (Lipinski definition) is 3. The van der Waals surface area contributed by atoms with Gasteiger partial charge in [-0.1, -0.05) is 35.8 Å². The van der Waals surface area contributed by atoms with E-state index >= 15 is 0 Å². The van der Waals surface area contributed by atoms with Crippen molar-refractivity contribution in [1.82, 2.24) is 9.47 Å². The Morgan fingerprint density at radius 3 is 2.54 bits per heavy atom. The first-order valence-electron chi connectivity index (χ1n) is 8.54. The standard InChI is InChI=1S/C20H26BrN3O2/c1-19(2,3)26-18(25)23(6)12-20(4,5)13-24-11-14(10-22)16-8-7-15(21)9-17(16)24/h7-9,11H,12-13H2,1-6H3. The van der Waals surface area contributed by atoms with Crippen molar-refractivity contribution in [2.75, 3.05) is 13.6 Å². The molecule has 0 spiro atoms. The molecule has 5 nitrogen and oxygen atoms in total. The van der Waals surface area contributed by atoms with E-state index in [-0.39, 0.29) is 11.5 Å². The molecule has 0 aliphatic rings. The molecule has 26 heavy (non-hydrogen) atoms. The molecule has 2 rings (SSSR count). The predicted molar refractivity (Wildman–Crippen MR) is 107 cm³/mol. The summed E-state index contributed by atoms with van der Waals surface area (Å²) in [5.41, 5.74) is 0.944. The molecule has 6 heteroatoms. The van der Waals surface area contributed by atoms with Crippen molar-refractivity contribution in [1.29, 1.82) is 5.26 Å². The fourth-order valence-corrected chi connectivity index (χ4v) is 3.39. The third kappa shape index (κ3) is 5.01. The second-order valence-electron chi connectivity index (χ2n) is 8.44. The van der Waals surface area contributed by atoms with E-state index in [9.17, 15) is 10.1 Å². The Morgan fingerprint density at radius 1 is 1.31 bits per heavy atom. The number of aromatic nitrogens is 1. The number of fused-ring (bicyclic) bond motifs is 1. The summed E-state index contributed by atoms with van der Waals surface area (Å²) >= 11 is 3.50. The Labute approximate surface area is 163 Å². The van der Waals surface area contributed by atoms with E-state index in [1.54, 1.807) is 11.9 Å². The monoisotopic (exact) mass is 419 g/mol. The zero-order chi connectivity index (χ0) is 19.7. The summed E-state index contributed by atoms with van der Waals surface area (Å²) in [6.45, 7) is 11.0. The van der Waals surface area contributed by atoms with Crippen LogP contribution in [-0.2, 0) is 11.3 Å². The molecular formula is C20H26BrN3O2. The molecule has 0 bridgehead atoms. The summed E-state index contributed by atoms with van der Waals surface area (Å²) in [5.74, 6) is 0. The van der Waals surface area contributed by atoms with Crippen LogP contribution in [0.4, 0.5) is 4.79 Å². The van der Waals surface area contributed by atoms with Crippen LogP contribution in [0.15, 0.2) is 28.9 Å². The van der Waals surface area contributed by atoms with Crippen molar-refractivity contribution < 1.29 is 9.53 Å². The Balaban J connectivity index is 2.21. The van der Waals surface area contributed by atoms with E-state index in [2.05, 4.69) is 40.4 Å². The number of nitrogens with zero attached hydrogens (tertiary/aromatic N) is 3. The van der Waals surface area contributed by atoms with Crippen LogP contribution in [0.1, 0.15) is 40.2 Å². The number of carbonyl (C=O) groups excluding carboxylic acids is 1. The molecule has 0 saturated carbocycles. The lowest BCUT2D eigenvalue weighted by molar-refractivity contribution is 0.0227. The third-order valence-electron chi connectivity index (χ3n) is 3.93. The van der Waals surface area contributed by atoms with Gasteiger partial charge >= 0.3 is 6.09 Å². The normalized spacial score (nSPS) is 12.1. The minimum absolute atomic E-state index is 0.202. The zero-order valence-electron chi connectivity index (χ0n) is 16.3. The lowest BCUT2D eigenvalue weighted by Gasteiger charge is -2.32. The maximum Gasteiger partial charge on any atom is 0.410 e. The minimum Gasteiger partial charge on any atom is -0.444 e. The van der Waals surface area contributed by atoms with Gasteiger partial charge in [0.2, 0.25) is 0 Å². The Hall–Kier alpha value is -2.00. The van der Waals surface area contributed by atoms with Crippen LogP contribution in [0.2, 0.25) is 0 Å². The molecule has 0 aliphatic heterocycles. The van der Waals surface area contributed by atoms with Crippen molar-refractivity contribution in [2.45, 2.75) is 46.8 Å². The first-order valence-corrected chi connectivity index (χ1v) is 9.34. The lowest BCUT2D eigenvalue weighted by Crippen LogP contribution is -2.40. The largest absolute Gasteiger partial charge is 0.444 e. The number of halogens is 1. The molecule has 2 aromatic rings. The van der Waals surface area contributed by atoms with Gasteiger partial charge in [0.25, 0.3) is 0 Å². The number of hydrogen-bond donors (Lipinski definition) is 0. The summed E-state index contributed by atoms with van der Waals surface area (Å²) in [6.07, 6.45) is 1.55. The van der Waals surface area contributed by atoms with Gasteiger partial charge in [0, 0.05) is 41.6 Å². The number of carbonyl (C=O) groups is 1. The fraction of sp³-hybridized carbons (Fsp3) is 0.500. The van der Waals surface area contributed by atoms with Crippen LogP contribution in [0.5, 0.6) is 0 Å². The average molecular weight is 420 g/mol. The average Bonchev–Trinajstić information content (AvgIpc) is 2.81. The van der Waals surface area contributed by atoms with Crippen molar-refractivity contribution in [3.63, 3.8) is 0 Å². The smallest absolute Gasteiger partial charge is 0.410 e. The van der Waals surface area contributed by atoms with Crippen molar-refractivity contribution in [3.8, 4) is 6.07 Å². The number of rotatable bonds is 4. The molecule has 140 valence electrons. The van der Waals surface area contributed by atoms with E-state index < -0.39 is 5.60 Å². The zero-order valence-corrected chi connectivity index (χ0v) is 17.8. The minimum atomic E-state index is -0.514. The number of ether oxygens (including phenoxy) is 1. The third-order valence-corrected chi connectivity index (χ3v) is 4.43. The summed E-state index contributed by atoms with van der Waals surface area (Å²) in [6, 6.07) is 8.17. The molecule has 0 unspecified atom stereocenters. The van der Waals surface area contributed by atoms with Crippen molar-refractivity contribution in [3.05, 3.63) is 34.4 Å². The van der Waals surface area contributed by atoms with Crippen LogP contribution in [0.25, 0.3) is 10.9 Å². The lowest BCUT2D eigenvalue weighted by atomic mass is 9.92. The van der Waals surface area contributed by atoms with Gasteiger partial charge in [0.1, 0.15) is 11.7 Å². The molecule has 0 aliphatic carbocycles. The molecule has 0 radical (unpaired) electrons. The van der Waals surface area contributed by atoms with Crippen molar-refractivity contribution >= 4 is 32.9 Å². The highest BCUT2D eigenvalue weighted by Crippen LogP contribution is 2.28. The second-order valence-corrected chi connectivity index (χ2v) is 9.36. The SMILES string of the molecule is CN(CC(C)(C)Cn1cc(C#N)c2ccc(Br)cc21)C(=O)OC(C)(C)C. The van der Waals surface area contributed by atoms with E-state index in [0.717, 1.165) is 15.4 Å². The molecule has 1 aromatic heterocycles. The van der Waals surface area contributed by atoms with Gasteiger partial charge in [0.05, 0.1) is 11.1 Å². The van der Waals surface area contributed by atoms with E-state index in [1.807, 2.05) is 45.2 Å². The molecule has 1 aromatic carbocycles. The van der Waals surface area contributed by atoms with Gasteiger partial charge in [-0.05, 0) is 32.9 Å². The van der Waals surface area contributed by atoms with Gasteiger partial charge in [-0.3, -0.25) is 0 Å². The van der Waals surface area contributed by atoms with E-state index in [4.69, 9.17) is 4.74 Å². The highest BCUT2D eigenvalue weighted by atomic mass is 79.9. The molecule has 0 N–H and O–H groups in total. The highest BCUT2D eigenvalue weighted by Gasteiger charge is 2.27. The maximum absolute atomic E-state index is 12.2. The van der Waals surface area contributed by atoms with Crippen LogP contribution in [-0.4, -0.2) is 34.8 Å². The van der Waals surface area contributed by atoms with Gasteiger partial charge in [-0.2, -0.15) is 5.26 Å². The van der Waals surface area contributed by atoms with Gasteiger partial charge in [-0.15, -0.1) is 0 Å². The first kappa shape index (κ1) is 20.3. The Morgan fingerprint density at radius 2 is 1.96 bits per heavy atom. The maximum atomic E-state index is 12.2. The van der Waals surface area contributed by atoms with Crippen molar-refractivity contribution in [2.24, 2.45) is 5.41 Å². The van der Waals surface area contributed by atoms with E-state index in [0.29, 0.717) is 18.7 Å². The fourth-order valence-electron chi connectivity index (χ4n) is 3.04. The molecule has 0 atom stereocenters. The Bertz CT molecular complexity index is 856. The second kappa shape index (κ2) is 7.32. The van der Waals surface area contributed by atoms with Gasteiger partial charge in [0.15, 0.2) is 0 Å². The molecular weight excluding hydrogens is 394 g/mol. The summed E-state index contributed by atoms with van der Waals surface area (Å²) in [4.78, 5) is 13.9. The number of nitriles is 1. The molecule has 1 heterocycles. The topological polar surface area (TPSA) is 58.3 Å². The van der Waals surface area contributed by atoms with Crippen LogP contribution in [0, 0.1) is 16.7 Å². The Kier molecular flexibility index (Phi) is 5.72. The predicted octanol–water partition coefficient (Wildman–Crippen LogP) is 5.17. The number of benzene rings is 1. The molecule has 0 fully saturated rings. The summed E-state index contributed by atoms with van der Waals surface area (Å²) in [7, 11) is 1.75. The summed E-state index contributed by atoms with van der Waals surface area (Å²) in [5, 5.41) is 10.3. The van der Waals surface area contributed by atoms with Gasteiger partial charge in [-0.25, -0.2) is 4.79 Å². The summed E-state index contributed by atoms with van der Waals surface area (Å²) < 4.78 is 8.49. The molecule has 0 saturated heterocycles. The van der Waals surface area contributed by atoms with Crippen LogP contribution >= 0.6 is 15.9 Å². The van der Waals surface area contributed by atoms with Crippen LogP contribution < -0.4 is 0 Å². The first-order chi connectivity index (χ1) is 11.9. The van der Waals surface area contributed by atoms with Gasteiger partial charge < -0.3 is 14.2 Å². The van der Waals surface area contributed by atoms with E-state index in [1.165, 1.54) is 0 Å².